The number of phosphoric acid groups is 1. The van der Waals surface area contributed by atoms with Crippen molar-refractivity contribution in [2.24, 2.45) is 5.73 Å². The molecule has 56 heavy (non-hydrogen) atoms. The van der Waals surface area contributed by atoms with Crippen molar-refractivity contribution in [3.8, 4) is 0 Å². The fourth-order valence-electron chi connectivity index (χ4n) is 5.34. The number of ether oxygens (including phenoxy) is 2. The van der Waals surface area contributed by atoms with Gasteiger partial charge in [0.2, 0.25) is 0 Å². The molecule has 0 aliphatic rings. The molecule has 0 amide bonds. The maximum absolute atomic E-state index is 12.6. The second-order valence-corrected chi connectivity index (χ2v) is 15.6. The first kappa shape index (κ1) is 53.2. The van der Waals surface area contributed by atoms with Gasteiger partial charge in [-0.2, -0.15) is 0 Å². The van der Waals surface area contributed by atoms with Crippen LogP contribution in [0.15, 0.2) is 60.8 Å². The first-order valence-electron chi connectivity index (χ1n) is 21.3. The van der Waals surface area contributed by atoms with Crippen LogP contribution in [-0.4, -0.2) is 59.9 Å². The van der Waals surface area contributed by atoms with Crippen LogP contribution in [0.25, 0.3) is 0 Å². The van der Waals surface area contributed by atoms with Gasteiger partial charge in [0.05, 0.1) is 13.2 Å². The summed E-state index contributed by atoms with van der Waals surface area (Å²) in [5, 5.41) is 8.88. The summed E-state index contributed by atoms with van der Waals surface area (Å²) in [7, 11) is -4.73. The smallest absolute Gasteiger partial charge is 0.472 e. The summed E-state index contributed by atoms with van der Waals surface area (Å²) >= 11 is 0. The van der Waals surface area contributed by atoms with E-state index in [2.05, 4.69) is 67.0 Å². The SMILES string of the molecule is CCCCC/C=C/C/C=C/C/C=C/C/C=C/CCCC(=O)O[C@H](COC(=O)CCCCCCCCC/C=C/CCCCCC)COP(=O)(O)OC[C@H](N)C(=O)O. The molecule has 0 bridgehead atoms. The first-order chi connectivity index (χ1) is 27.1. The zero-order chi connectivity index (χ0) is 41.4. The Hall–Kier alpha value is -2.82. The Bertz CT molecular complexity index is 1180. The van der Waals surface area contributed by atoms with Crippen LogP contribution >= 0.6 is 7.82 Å². The zero-order valence-electron chi connectivity index (χ0n) is 34.7. The predicted molar refractivity (Wildman–Crippen MR) is 226 cm³/mol. The molecule has 322 valence electrons. The second kappa shape index (κ2) is 39.0. The van der Waals surface area contributed by atoms with E-state index in [9.17, 15) is 23.8 Å². The number of esters is 2. The van der Waals surface area contributed by atoms with Crippen LogP contribution in [-0.2, 0) is 37.5 Å². The Morgan fingerprint density at radius 3 is 1.52 bits per heavy atom. The third kappa shape index (κ3) is 38.1. The van der Waals surface area contributed by atoms with Crippen LogP contribution in [0.1, 0.15) is 168 Å². The first-order valence-corrected chi connectivity index (χ1v) is 22.8. The molecular weight excluding hydrogens is 733 g/mol. The molecular formula is C44H76NO10P. The predicted octanol–water partition coefficient (Wildman–Crippen LogP) is 11.2. The monoisotopic (exact) mass is 810 g/mol. The van der Waals surface area contributed by atoms with Crippen LogP contribution in [0.4, 0.5) is 0 Å². The zero-order valence-corrected chi connectivity index (χ0v) is 35.6. The third-order valence-corrected chi connectivity index (χ3v) is 9.69. The average molecular weight is 810 g/mol. The van der Waals surface area contributed by atoms with Gasteiger partial charge in [-0.05, 0) is 77.0 Å². The molecule has 0 saturated heterocycles. The van der Waals surface area contributed by atoms with E-state index in [0.717, 1.165) is 51.4 Å². The van der Waals surface area contributed by atoms with Gasteiger partial charge >= 0.3 is 25.7 Å². The molecule has 4 N–H and O–H groups in total. The normalized spacial score (nSPS) is 14.4. The minimum absolute atomic E-state index is 0.0824. The van der Waals surface area contributed by atoms with E-state index in [1.54, 1.807) is 0 Å². The summed E-state index contributed by atoms with van der Waals surface area (Å²) in [5.74, 6) is -2.46. The second-order valence-electron chi connectivity index (χ2n) is 14.1. The van der Waals surface area contributed by atoms with Crippen molar-refractivity contribution in [1.82, 2.24) is 0 Å². The molecule has 0 aliphatic heterocycles. The molecule has 12 heteroatoms. The number of hydrogen-bond donors (Lipinski definition) is 3. The lowest BCUT2D eigenvalue weighted by Crippen LogP contribution is -2.34. The van der Waals surface area contributed by atoms with Crippen LogP contribution < -0.4 is 5.73 Å². The largest absolute Gasteiger partial charge is 0.480 e. The molecule has 0 heterocycles. The van der Waals surface area contributed by atoms with Gasteiger partial charge in [-0.3, -0.25) is 23.4 Å². The number of allylic oxidation sites excluding steroid dienone is 10. The summed E-state index contributed by atoms with van der Waals surface area (Å²) in [6.07, 6.45) is 44.3. The lowest BCUT2D eigenvalue weighted by Gasteiger charge is -2.20. The molecule has 0 aromatic carbocycles. The summed E-state index contributed by atoms with van der Waals surface area (Å²) in [5.41, 5.74) is 5.32. The number of rotatable bonds is 39. The Labute approximate surface area is 338 Å². The van der Waals surface area contributed by atoms with Gasteiger partial charge in [0.25, 0.3) is 0 Å². The maximum atomic E-state index is 12.6. The van der Waals surface area contributed by atoms with Gasteiger partial charge in [0.15, 0.2) is 6.10 Å². The van der Waals surface area contributed by atoms with E-state index in [4.69, 9.17) is 24.8 Å². The molecule has 0 radical (unpaired) electrons. The van der Waals surface area contributed by atoms with Crippen molar-refractivity contribution in [2.45, 2.75) is 180 Å². The number of carboxylic acids is 1. The minimum atomic E-state index is -4.73. The van der Waals surface area contributed by atoms with E-state index in [1.165, 1.54) is 70.6 Å². The average Bonchev–Trinajstić information content (AvgIpc) is 3.17. The molecule has 0 spiro atoms. The van der Waals surface area contributed by atoms with Gasteiger partial charge in [-0.1, -0.05) is 139 Å². The highest BCUT2D eigenvalue weighted by Crippen LogP contribution is 2.43. The molecule has 0 rings (SSSR count). The van der Waals surface area contributed by atoms with E-state index in [-0.39, 0.29) is 19.4 Å². The van der Waals surface area contributed by atoms with Gasteiger partial charge in [0, 0.05) is 12.8 Å². The van der Waals surface area contributed by atoms with Crippen molar-refractivity contribution in [2.75, 3.05) is 19.8 Å². The third-order valence-electron chi connectivity index (χ3n) is 8.74. The fraction of sp³-hybridized carbons (Fsp3) is 0.705. The molecule has 0 fully saturated rings. The highest BCUT2D eigenvalue weighted by Gasteiger charge is 2.28. The van der Waals surface area contributed by atoms with Crippen LogP contribution in [0, 0.1) is 0 Å². The highest BCUT2D eigenvalue weighted by atomic mass is 31.2. The number of hydrogen-bond acceptors (Lipinski definition) is 9. The minimum Gasteiger partial charge on any atom is -0.480 e. The lowest BCUT2D eigenvalue weighted by molar-refractivity contribution is -0.161. The molecule has 3 atom stereocenters. The van der Waals surface area contributed by atoms with E-state index >= 15 is 0 Å². The van der Waals surface area contributed by atoms with Crippen LogP contribution in [0.3, 0.4) is 0 Å². The number of unbranched alkanes of at least 4 members (excludes halogenated alkanes) is 15. The maximum Gasteiger partial charge on any atom is 0.472 e. The highest BCUT2D eigenvalue weighted by molar-refractivity contribution is 7.47. The Kier molecular flexibility index (Phi) is 37.1. The molecule has 0 aromatic heterocycles. The topological polar surface area (TPSA) is 172 Å². The molecule has 0 saturated carbocycles. The number of carbonyl (C=O) groups excluding carboxylic acids is 2. The summed E-state index contributed by atoms with van der Waals surface area (Å²) in [6, 6.07) is -1.53. The summed E-state index contributed by atoms with van der Waals surface area (Å²) in [4.78, 5) is 45.9. The molecule has 0 aliphatic carbocycles. The van der Waals surface area contributed by atoms with E-state index < -0.39 is 51.1 Å². The summed E-state index contributed by atoms with van der Waals surface area (Å²) < 4.78 is 32.6. The molecule has 1 unspecified atom stereocenters. The Balaban J connectivity index is 4.49. The standard InChI is InChI=1S/C44H76NO10P/c1-3-5-7-9-11-13-15-17-19-20-22-24-26-28-30-32-34-36-43(47)55-40(38-53-56(50,51)54-39-41(45)44(48)49)37-52-42(46)35-33-31-29-27-25-23-21-18-16-14-12-10-8-6-4-2/h11,13-14,16-17,19,22,24,28,30,40-41H,3-10,12,15,18,20-21,23,25-27,29,31-39,45H2,1-2H3,(H,48,49)(H,50,51)/b13-11+,16-14+,19-17+,24-22+,30-28+/t40-,41+/m1/s1. The fourth-order valence-corrected chi connectivity index (χ4v) is 6.12. The van der Waals surface area contributed by atoms with E-state index in [1.807, 2.05) is 12.2 Å². The van der Waals surface area contributed by atoms with Crippen LogP contribution in [0.5, 0.6) is 0 Å². The van der Waals surface area contributed by atoms with Gasteiger partial charge in [0.1, 0.15) is 12.6 Å². The van der Waals surface area contributed by atoms with E-state index in [0.29, 0.717) is 19.3 Å². The number of aliphatic carboxylic acids is 1. The number of carbonyl (C=O) groups is 3. The van der Waals surface area contributed by atoms with Crippen LogP contribution in [0.2, 0.25) is 0 Å². The van der Waals surface area contributed by atoms with Crippen molar-refractivity contribution in [1.29, 1.82) is 0 Å². The Morgan fingerprint density at radius 2 is 0.964 bits per heavy atom. The quantitative estimate of drug-likeness (QED) is 0.0233. The van der Waals surface area contributed by atoms with Crippen molar-refractivity contribution in [3.05, 3.63) is 60.8 Å². The molecule has 0 aromatic rings. The lowest BCUT2D eigenvalue weighted by atomic mass is 10.1. The van der Waals surface area contributed by atoms with Gasteiger partial charge < -0.3 is 25.2 Å². The van der Waals surface area contributed by atoms with Crippen molar-refractivity contribution in [3.63, 3.8) is 0 Å². The van der Waals surface area contributed by atoms with Gasteiger partial charge in [-0.15, -0.1) is 0 Å². The number of nitrogens with two attached hydrogens (primary N) is 1. The van der Waals surface area contributed by atoms with Gasteiger partial charge in [-0.25, -0.2) is 4.57 Å². The number of phosphoric ester groups is 1. The molecule has 11 nitrogen and oxygen atoms in total. The van der Waals surface area contributed by atoms with Crippen molar-refractivity contribution >= 4 is 25.7 Å². The number of carboxylic acid groups (broad SMARTS) is 1. The Morgan fingerprint density at radius 1 is 0.554 bits per heavy atom. The summed E-state index contributed by atoms with van der Waals surface area (Å²) in [6.45, 7) is 2.69. The van der Waals surface area contributed by atoms with Crippen molar-refractivity contribution < 1.29 is 47.5 Å².